The zero-order valence-electron chi connectivity index (χ0n) is 11.3. The van der Waals surface area contributed by atoms with E-state index in [0.29, 0.717) is 5.02 Å². The number of hydrogen-bond donors (Lipinski definition) is 1. The monoisotopic (exact) mass is 290 g/mol. The topological polar surface area (TPSA) is 55.2 Å². The summed E-state index contributed by atoms with van der Waals surface area (Å²) >= 11 is 6.08. The molecular weight excluding hydrogens is 276 g/mol. The maximum Gasteiger partial charge on any atom is 0.269 e. The second-order valence-corrected chi connectivity index (χ2v) is 5.03. The lowest BCUT2D eigenvalue weighted by Gasteiger charge is -2.17. The molecule has 0 heterocycles. The fourth-order valence-electron chi connectivity index (χ4n) is 1.97. The van der Waals surface area contributed by atoms with Gasteiger partial charge in [-0.2, -0.15) is 0 Å². The summed E-state index contributed by atoms with van der Waals surface area (Å²) in [5, 5.41) is 14.7. The predicted octanol–water partition coefficient (Wildman–Crippen LogP) is 4.73. The van der Waals surface area contributed by atoms with Gasteiger partial charge in [-0.1, -0.05) is 29.8 Å². The molecule has 104 valence electrons. The second-order valence-electron chi connectivity index (χ2n) is 4.63. The van der Waals surface area contributed by atoms with E-state index >= 15 is 0 Å². The van der Waals surface area contributed by atoms with Gasteiger partial charge in [-0.05, 0) is 37.1 Å². The molecule has 0 aromatic heterocycles. The van der Waals surface area contributed by atoms with Gasteiger partial charge >= 0.3 is 0 Å². The summed E-state index contributed by atoms with van der Waals surface area (Å²) in [7, 11) is 0. The molecule has 2 aromatic rings. The number of nitrogens with one attached hydrogen (secondary N) is 1. The van der Waals surface area contributed by atoms with Crippen LogP contribution in [0.5, 0.6) is 0 Å². The fraction of sp³-hybridized carbons (Fsp3) is 0.200. The van der Waals surface area contributed by atoms with E-state index in [-0.39, 0.29) is 11.7 Å². The van der Waals surface area contributed by atoms with Crippen LogP contribution in [0.1, 0.15) is 24.1 Å². The first-order chi connectivity index (χ1) is 9.49. The number of halogens is 1. The minimum absolute atomic E-state index is 0.0352. The molecule has 0 aliphatic rings. The molecule has 0 amide bonds. The zero-order valence-corrected chi connectivity index (χ0v) is 12.0. The van der Waals surface area contributed by atoms with Crippen LogP contribution in [0.3, 0.4) is 0 Å². The van der Waals surface area contributed by atoms with E-state index < -0.39 is 4.92 Å². The predicted molar refractivity (Wildman–Crippen MR) is 81.3 cm³/mol. The molecule has 0 spiro atoms. The quantitative estimate of drug-likeness (QED) is 0.654. The van der Waals surface area contributed by atoms with Crippen LogP contribution >= 0.6 is 11.6 Å². The van der Waals surface area contributed by atoms with E-state index in [1.807, 2.05) is 32.0 Å². The van der Waals surface area contributed by atoms with Gasteiger partial charge in [-0.15, -0.1) is 0 Å². The van der Waals surface area contributed by atoms with Crippen LogP contribution in [0.4, 0.5) is 11.4 Å². The number of rotatable bonds is 4. The fourth-order valence-corrected chi connectivity index (χ4v) is 2.14. The van der Waals surface area contributed by atoms with Gasteiger partial charge in [-0.25, -0.2) is 0 Å². The Morgan fingerprint density at radius 3 is 2.45 bits per heavy atom. The van der Waals surface area contributed by atoms with Crippen molar-refractivity contribution in [1.82, 2.24) is 0 Å². The summed E-state index contributed by atoms with van der Waals surface area (Å²) in [6, 6.07) is 12.3. The Balaban J connectivity index is 2.17. The highest BCUT2D eigenvalue weighted by Gasteiger charge is 2.10. The highest BCUT2D eigenvalue weighted by molar-refractivity contribution is 6.31. The number of nitro groups is 1. The number of non-ortho nitro benzene ring substituents is 1. The van der Waals surface area contributed by atoms with E-state index in [9.17, 15) is 10.1 Å². The number of nitrogens with zero attached hydrogens (tertiary/aromatic N) is 1. The van der Waals surface area contributed by atoms with Gasteiger partial charge in [0.15, 0.2) is 0 Å². The molecule has 0 saturated heterocycles. The molecule has 1 atom stereocenters. The summed E-state index contributed by atoms with van der Waals surface area (Å²) in [5.74, 6) is 0. The van der Waals surface area contributed by atoms with Crippen LogP contribution in [-0.4, -0.2) is 4.92 Å². The van der Waals surface area contributed by atoms with Crippen LogP contribution in [0.25, 0.3) is 0 Å². The Kier molecular flexibility index (Phi) is 4.25. The van der Waals surface area contributed by atoms with Gasteiger partial charge in [0, 0.05) is 28.9 Å². The number of anilines is 1. The molecule has 2 aromatic carbocycles. The molecular formula is C15H15ClN2O2. The van der Waals surface area contributed by atoms with Crippen molar-refractivity contribution in [1.29, 1.82) is 0 Å². The summed E-state index contributed by atoms with van der Waals surface area (Å²) in [6.45, 7) is 3.95. The highest BCUT2D eigenvalue weighted by atomic mass is 35.5. The van der Waals surface area contributed by atoms with Crippen molar-refractivity contribution in [3.05, 3.63) is 68.7 Å². The van der Waals surface area contributed by atoms with Crippen molar-refractivity contribution in [3.63, 3.8) is 0 Å². The van der Waals surface area contributed by atoms with Crippen molar-refractivity contribution in [2.24, 2.45) is 0 Å². The Morgan fingerprint density at radius 1 is 1.20 bits per heavy atom. The summed E-state index contributed by atoms with van der Waals surface area (Å²) in [4.78, 5) is 10.2. The lowest BCUT2D eigenvalue weighted by molar-refractivity contribution is -0.384. The van der Waals surface area contributed by atoms with Gasteiger partial charge in [0.1, 0.15) is 0 Å². The third-order valence-corrected chi connectivity index (χ3v) is 3.65. The standard InChI is InChI=1S/C15H15ClN2O2/c1-10-14(16)4-3-5-15(10)17-11(2)12-6-8-13(9-7-12)18(19)20/h3-9,11,17H,1-2H3. The van der Waals surface area contributed by atoms with Crippen molar-refractivity contribution in [2.75, 3.05) is 5.32 Å². The first kappa shape index (κ1) is 14.3. The Labute approximate surface area is 122 Å². The van der Waals surface area contributed by atoms with Crippen LogP contribution in [-0.2, 0) is 0 Å². The smallest absolute Gasteiger partial charge is 0.269 e. The largest absolute Gasteiger partial charge is 0.378 e. The molecule has 1 N–H and O–H groups in total. The zero-order chi connectivity index (χ0) is 14.7. The third-order valence-electron chi connectivity index (χ3n) is 3.24. The van der Waals surface area contributed by atoms with Crippen molar-refractivity contribution in [2.45, 2.75) is 19.9 Å². The van der Waals surface area contributed by atoms with E-state index in [4.69, 9.17) is 11.6 Å². The van der Waals surface area contributed by atoms with Gasteiger partial charge in [0.05, 0.1) is 4.92 Å². The summed E-state index contributed by atoms with van der Waals surface area (Å²) < 4.78 is 0. The highest BCUT2D eigenvalue weighted by Crippen LogP contribution is 2.27. The van der Waals surface area contributed by atoms with E-state index in [0.717, 1.165) is 16.8 Å². The van der Waals surface area contributed by atoms with Crippen molar-refractivity contribution >= 4 is 23.0 Å². The van der Waals surface area contributed by atoms with Gasteiger partial charge < -0.3 is 5.32 Å². The molecule has 0 bridgehead atoms. The Morgan fingerprint density at radius 2 is 1.85 bits per heavy atom. The lowest BCUT2D eigenvalue weighted by Crippen LogP contribution is -2.07. The van der Waals surface area contributed by atoms with Gasteiger partial charge in [0.25, 0.3) is 5.69 Å². The molecule has 2 rings (SSSR count). The molecule has 5 heteroatoms. The van der Waals surface area contributed by atoms with E-state index in [1.165, 1.54) is 12.1 Å². The van der Waals surface area contributed by atoms with Crippen LogP contribution < -0.4 is 5.32 Å². The average Bonchev–Trinajstić information content (AvgIpc) is 2.44. The molecule has 0 fully saturated rings. The van der Waals surface area contributed by atoms with E-state index in [2.05, 4.69) is 5.32 Å². The SMILES string of the molecule is Cc1c(Cl)cccc1NC(C)c1ccc([N+](=O)[O-])cc1. The summed E-state index contributed by atoms with van der Waals surface area (Å²) in [6.07, 6.45) is 0. The number of nitro benzene ring substituents is 1. The van der Waals surface area contributed by atoms with Crippen LogP contribution in [0.15, 0.2) is 42.5 Å². The molecule has 0 radical (unpaired) electrons. The summed E-state index contributed by atoms with van der Waals surface area (Å²) in [5.41, 5.74) is 3.03. The maximum absolute atomic E-state index is 10.6. The maximum atomic E-state index is 10.6. The number of benzene rings is 2. The van der Waals surface area contributed by atoms with Gasteiger partial charge in [0.2, 0.25) is 0 Å². The second kappa shape index (κ2) is 5.92. The average molecular weight is 291 g/mol. The molecule has 20 heavy (non-hydrogen) atoms. The minimum Gasteiger partial charge on any atom is -0.378 e. The molecule has 1 unspecified atom stereocenters. The molecule has 0 aliphatic heterocycles. The first-order valence-corrected chi connectivity index (χ1v) is 6.63. The number of hydrogen-bond acceptors (Lipinski definition) is 3. The first-order valence-electron chi connectivity index (χ1n) is 6.25. The van der Waals surface area contributed by atoms with Crippen molar-refractivity contribution < 1.29 is 4.92 Å². The van der Waals surface area contributed by atoms with Crippen LogP contribution in [0, 0.1) is 17.0 Å². The van der Waals surface area contributed by atoms with Gasteiger partial charge in [-0.3, -0.25) is 10.1 Å². The van der Waals surface area contributed by atoms with E-state index in [1.54, 1.807) is 12.1 Å². The third kappa shape index (κ3) is 3.08. The molecule has 0 aliphatic carbocycles. The Bertz CT molecular complexity index is 626. The minimum atomic E-state index is -0.400. The Hall–Kier alpha value is -2.07. The molecule has 0 saturated carbocycles. The van der Waals surface area contributed by atoms with Crippen molar-refractivity contribution in [3.8, 4) is 0 Å². The molecule has 4 nitrogen and oxygen atoms in total. The van der Waals surface area contributed by atoms with Crippen LogP contribution in [0.2, 0.25) is 5.02 Å². The lowest BCUT2D eigenvalue weighted by atomic mass is 10.1. The normalized spacial score (nSPS) is 11.9.